The lowest BCUT2D eigenvalue weighted by Gasteiger charge is -2.44. The lowest BCUT2D eigenvalue weighted by molar-refractivity contribution is -0.135. The Hall–Kier alpha value is -1.51. The van der Waals surface area contributed by atoms with Crippen molar-refractivity contribution in [3.05, 3.63) is 54.1 Å². The van der Waals surface area contributed by atoms with Crippen LogP contribution in [0.5, 0.6) is 0 Å². The first kappa shape index (κ1) is 23.2. The van der Waals surface area contributed by atoms with Gasteiger partial charge in [0.1, 0.15) is 0 Å². The molecule has 0 saturated heterocycles. The van der Waals surface area contributed by atoms with Crippen LogP contribution in [-0.2, 0) is 0 Å². The molecule has 3 heteroatoms. The minimum Gasteiger partial charge on any atom is -0.171 e. The average molecular weight is 419 g/mol. The highest BCUT2D eigenvalue weighted by Crippen LogP contribution is 2.50. The second kappa shape index (κ2) is 10.7. The van der Waals surface area contributed by atoms with Crippen molar-refractivity contribution in [1.29, 1.82) is 0 Å². The van der Waals surface area contributed by atoms with Gasteiger partial charge in [0.05, 0.1) is 0 Å². The third kappa shape index (κ3) is 6.49. The Morgan fingerprint density at radius 2 is 1.70 bits per heavy atom. The van der Waals surface area contributed by atoms with Gasteiger partial charge in [0.25, 0.3) is 0 Å². The fraction of sp³-hybridized carbons (Fsp3) is 0.630. The van der Waals surface area contributed by atoms with Gasteiger partial charge in [-0.2, -0.15) is 13.2 Å². The van der Waals surface area contributed by atoms with Crippen LogP contribution >= 0.6 is 0 Å². The molecular formula is C27H37F3. The summed E-state index contributed by atoms with van der Waals surface area (Å²) in [4.78, 5) is 0. The van der Waals surface area contributed by atoms with Gasteiger partial charge in [-0.05, 0) is 60.5 Å². The molecule has 0 aromatic heterocycles. The molecule has 0 aliphatic heterocycles. The van der Waals surface area contributed by atoms with Crippen LogP contribution in [0, 0.1) is 17.3 Å². The highest BCUT2D eigenvalue weighted by atomic mass is 19.4. The molecule has 1 aromatic rings. The normalized spacial score (nSPS) is 27.1. The number of unbranched alkanes of at least 4 members (excludes halogenated alkanes) is 2. The number of alkyl halides is 3. The Morgan fingerprint density at radius 3 is 2.30 bits per heavy atom. The monoisotopic (exact) mass is 418 g/mol. The molecule has 1 unspecified atom stereocenters. The topological polar surface area (TPSA) is 0 Å². The van der Waals surface area contributed by atoms with Crippen molar-refractivity contribution in [1.82, 2.24) is 0 Å². The Bertz CT molecular complexity index is 693. The number of benzene rings is 1. The van der Waals surface area contributed by atoms with Crippen LogP contribution in [0.25, 0.3) is 5.57 Å². The van der Waals surface area contributed by atoms with Gasteiger partial charge < -0.3 is 0 Å². The highest BCUT2D eigenvalue weighted by Gasteiger charge is 2.39. The maximum atomic E-state index is 12.6. The third-order valence-electron chi connectivity index (χ3n) is 7.38. The Morgan fingerprint density at radius 1 is 0.967 bits per heavy atom. The molecule has 2 aliphatic carbocycles. The Kier molecular flexibility index (Phi) is 8.25. The van der Waals surface area contributed by atoms with E-state index in [-0.39, 0.29) is 11.8 Å². The standard InChI is InChI=1S/C27H37F3/c1-2-3-9-22-12-14-25(15-13-22)26(18-7-8-19-27(28,29)30)20-16-24(17-21-26)23-10-5-4-6-11-23/h4-6,10-11,16-17,20,22,25H,2-3,7-9,12-15,18-19,21H2,1H3/t22-,25-,26?. The summed E-state index contributed by atoms with van der Waals surface area (Å²) >= 11 is 0. The van der Waals surface area contributed by atoms with Gasteiger partial charge in [0, 0.05) is 6.42 Å². The quantitative estimate of drug-likeness (QED) is 0.351. The fourth-order valence-corrected chi connectivity index (χ4v) is 5.53. The largest absolute Gasteiger partial charge is 0.389 e. The highest BCUT2D eigenvalue weighted by molar-refractivity contribution is 5.75. The summed E-state index contributed by atoms with van der Waals surface area (Å²) in [6.45, 7) is 2.26. The van der Waals surface area contributed by atoms with Crippen LogP contribution in [0.2, 0.25) is 0 Å². The molecule has 2 aliphatic rings. The van der Waals surface area contributed by atoms with Crippen LogP contribution < -0.4 is 0 Å². The third-order valence-corrected chi connectivity index (χ3v) is 7.38. The maximum absolute atomic E-state index is 12.6. The SMILES string of the molecule is CCCC[C@H]1CC[C@H](C2(CCCCC(F)(F)F)C=CC(c3ccccc3)=CC2)CC1. The zero-order valence-electron chi connectivity index (χ0n) is 18.4. The number of allylic oxidation sites excluding steroid dienone is 4. The molecular weight excluding hydrogens is 381 g/mol. The summed E-state index contributed by atoms with van der Waals surface area (Å²) in [5, 5.41) is 0. The Balaban J connectivity index is 1.66. The fourth-order valence-electron chi connectivity index (χ4n) is 5.53. The van der Waals surface area contributed by atoms with Crippen LogP contribution in [0.15, 0.2) is 48.6 Å². The van der Waals surface area contributed by atoms with Crippen LogP contribution in [0.4, 0.5) is 13.2 Å². The van der Waals surface area contributed by atoms with Gasteiger partial charge >= 0.3 is 6.18 Å². The van der Waals surface area contributed by atoms with E-state index >= 15 is 0 Å². The molecule has 3 rings (SSSR count). The van der Waals surface area contributed by atoms with E-state index in [2.05, 4.69) is 49.4 Å². The molecule has 0 bridgehead atoms. The van der Waals surface area contributed by atoms with Crippen molar-refractivity contribution >= 4 is 5.57 Å². The zero-order chi connectivity index (χ0) is 21.5. The van der Waals surface area contributed by atoms with Crippen LogP contribution in [0.3, 0.4) is 0 Å². The first-order chi connectivity index (χ1) is 14.4. The van der Waals surface area contributed by atoms with E-state index < -0.39 is 12.6 Å². The summed E-state index contributed by atoms with van der Waals surface area (Å²) in [6.07, 6.45) is 14.0. The predicted octanol–water partition coefficient (Wildman–Crippen LogP) is 9.14. The molecule has 166 valence electrons. The van der Waals surface area contributed by atoms with Crippen molar-refractivity contribution in [3.63, 3.8) is 0 Å². The molecule has 0 N–H and O–H groups in total. The molecule has 0 spiro atoms. The van der Waals surface area contributed by atoms with E-state index in [4.69, 9.17) is 0 Å². The molecule has 30 heavy (non-hydrogen) atoms. The molecule has 0 nitrogen and oxygen atoms in total. The number of hydrogen-bond acceptors (Lipinski definition) is 0. The first-order valence-electron chi connectivity index (χ1n) is 11.9. The smallest absolute Gasteiger partial charge is 0.171 e. The van der Waals surface area contributed by atoms with E-state index in [0.29, 0.717) is 12.3 Å². The summed E-state index contributed by atoms with van der Waals surface area (Å²) in [5.41, 5.74) is 2.51. The second-order valence-corrected chi connectivity index (χ2v) is 9.48. The minimum atomic E-state index is -4.03. The first-order valence-corrected chi connectivity index (χ1v) is 11.9. The molecule has 0 amide bonds. The van der Waals surface area contributed by atoms with Crippen molar-refractivity contribution in [2.24, 2.45) is 17.3 Å². The molecule has 1 saturated carbocycles. The van der Waals surface area contributed by atoms with Gasteiger partial charge in [-0.1, -0.05) is 94.0 Å². The lowest BCUT2D eigenvalue weighted by Crippen LogP contribution is -2.33. The zero-order valence-corrected chi connectivity index (χ0v) is 18.4. The predicted molar refractivity (Wildman–Crippen MR) is 120 cm³/mol. The summed E-state index contributed by atoms with van der Waals surface area (Å²) in [6, 6.07) is 10.4. The van der Waals surface area contributed by atoms with Gasteiger partial charge in [-0.25, -0.2) is 0 Å². The Labute approximate surface area is 180 Å². The van der Waals surface area contributed by atoms with E-state index in [1.807, 2.05) is 6.07 Å². The number of rotatable bonds is 9. The molecule has 0 radical (unpaired) electrons. The summed E-state index contributed by atoms with van der Waals surface area (Å²) < 4.78 is 37.9. The second-order valence-electron chi connectivity index (χ2n) is 9.48. The van der Waals surface area contributed by atoms with E-state index in [1.54, 1.807) is 0 Å². The minimum absolute atomic E-state index is 0.0413. The van der Waals surface area contributed by atoms with Crippen molar-refractivity contribution in [2.45, 2.75) is 90.1 Å². The lowest BCUT2D eigenvalue weighted by atomic mass is 9.61. The van der Waals surface area contributed by atoms with Crippen LogP contribution in [0.1, 0.15) is 89.5 Å². The van der Waals surface area contributed by atoms with Crippen molar-refractivity contribution in [3.8, 4) is 0 Å². The maximum Gasteiger partial charge on any atom is 0.389 e. The van der Waals surface area contributed by atoms with Crippen molar-refractivity contribution in [2.75, 3.05) is 0 Å². The van der Waals surface area contributed by atoms with E-state index in [9.17, 15) is 13.2 Å². The molecule has 0 heterocycles. The van der Waals surface area contributed by atoms with Gasteiger partial charge in [0.15, 0.2) is 0 Å². The summed E-state index contributed by atoms with van der Waals surface area (Å²) in [5.74, 6) is 1.46. The van der Waals surface area contributed by atoms with Gasteiger partial charge in [-0.3, -0.25) is 0 Å². The number of halogens is 3. The molecule has 1 fully saturated rings. The average Bonchev–Trinajstić information content (AvgIpc) is 2.76. The van der Waals surface area contributed by atoms with Crippen LogP contribution in [-0.4, -0.2) is 6.18 Å². The number of hydrogen-bond donors (Lipinski definition) is 0. The van der Waals surface area contributed by atoms with E-state index in [0.717, 1.165) is 18.8 Å². The van der Waals surface area contributed by atoms with Gasteiger partial charge in [0.2, 0.25) is 0 Å². The molecule has 1 atom stereocenters. The van der Waals surface area contributed by atoms with E-state index in [1.165, 1.54) is 56.1 Å². The van der Waals surface area contributed by atoms with Crippen molar-refractivity contribution < 1.29 is 13.2 Å². The summed E-state index contributed by atoms with van der Waals surface area (Å²) in [7, 11) is 0. The van der Waals surface area contributed by atoms with Gasteiger partial charge in [-0.15, -0.1) is 0 Å². The molecule has 1 aromatic carbocycles.